The van der Waals surface area contributed by atoms with Crippen LogP contribution in [-0.4, -0.2) is 42.4 Å². The molecule has 0 aliphatic heterocycles. The summed E-state index contributed by atoms with van der Waals surface area (Å²) in [6, 6.07) is 6.52. The summed E-state index contributed by atoms with van der Waals surface area (Å²) in [5.41, 5.74) is 1.04. The standard InChI is InChI=1S/C18H26N2O4/c1-5-24-18(23)15-6-8-16(9-7-15)19-17(22)10-11-20(14(4)21)12-13(2)3/h6-9,13H,5,10-12H2,1-4H3,(H,19,22). The van der Waals surface area contributed by atoms with Gasteiger partial charge in [0.1, 0.15) is 0 Å². The number of benzene rings is 1. The van der Waals surface area contributed by atoms with Crippen molar-refractivity contribution in [3.63, 3.8) is 0 Å². The normalized spacial score (nSPS) is 10.4. The third-order valence-corrected chi connectivity index (χ3v) is 3.32. The van der Waals surface area contributed by atoms with Crippen LogP contribution < -0.4 is 5.32 Å². The van der Waals surface area contributed by atoms with E-state index in [0.717, 1.165) is 0 Å². The van der Waals surface area contributed by atoms with Crippen LogP contribution in [0, 0.1) is 5.92 Å². The largest absolute Gasteiger partial charge is 0.462 e. The van der Waals surface area contributed by atoms with Gasteiger partial charge in [-0.25, -0.2) is 4.79 Å². The highest BCUT2D eigenvalue weighted by Gasteiger charge is 2.13. The van der Waals surface area contributed by atoms with E-state index in [-0.39, 0.29) is 24.2 Å². The van der Waals surface area contributed by atoms with Crippen molar-refractivity contribution in [3.8, 4) is 0 Å². The van der Waals surface area contributed by atoms with Crippen LogP contribution in [0.1, 0.15) is 44.5 Å². The van der Waals surface area contributed by atoms with Crippen LogP contribution in [0.25, 0.3) is 0 Å². The molecule has 1 rings (SSSR count). The maximum Gasteiger partial charge on any atom is 0.338 e. The van der Waals surface area contributed by atoms with Gasteiger partial charge in [0.25, 0.3) is 0 Å². The molecule has 0 aliphatic carbocycles. The average Bonchev–Trinajstić information content (AvgIpc) is 2.51. The van der Waals surface area contributed by atoms with Crippen LogP contribution in [0.15, 0.2) is 24.3 Å². The molecule has 0 radical (unpaired) electrons. The minimum atomic E-state index is -0.388. The monoisotopic (exact) mass is 334 g/mol. The molecule has 0 atom stereocenters. The van der Waals surface area contributed by atoms with Crippen molar-refractivity contribution in [2.45, 2.75) is 34.1 Å². The first-order valence-electron chi connectivity index (χ1n) is 8.16. The Labute approximate surface area is 143 Å². The predicted molar refractivity (Wildman–Crippen MR) is 92.7 cm³/mol. The van der Waals surface area contributed by atoms with Crippen LogP contribution in [0.2, 0.25) is 0 Å². The topological polar surface area (TPSA) is 75.7 Å². The molecule has 2 amide bonds. The molecule has 1 aromatic carbocycles. The molecule has 0 saturated heterocycles. The highest BCUT2D eigenvalue weighted by Crippen LogP contribution is 2.11. The molecule has 132 valence electrons. The van der Waals surface area contributed by atoms with Crippen molar-refractivity contribution in [2.75, 3.05) is 25.0 Å². The van der Waals surface area contributed by atoms with Gasteiger partial charge in [-0.1, -0.05) is 13.8 Å². The molecule has 0 spiro atoms. The first-order valence-corrected chi connectivity index (χ1v) is 8.16. The van der Waals surface area contributed by atoms with Gasteiger partial charge in [-0.3, -0.25) is 9.59 Å². The van der Waals surface area contributed by atoms with Gasteiger partial charge in [-0.2, -0.15) is 0 Å². The zero-order valence-electron chi connectivity index (χ0n) is 14.8. The number of hydrogen-bond donors (Lipinski definition) is 1. The van der Waals surface area contributed by atoms with Crippen LogP contribution in [0.5, 0.6) is 0 Å². The molecule has 0 unspecified atom stereocenters. The molecule has 0 aromatic heterocycles. The fourth-order valence-electron chi connectivity index (χ4n) is 2.18. The van der Waals surface area contributed by atoms with Gasteiger partial charge >= 0.3 is 5.97 Å². The lowest BCUT2D eigenvalue weighted by atomic mass is 10.2. The third-order valence-electron chi connectivity index (χ3n) is 3.32. The zero-order valence-corrected chi connectivity index (χ0v) is 14.8. The highest BCUT2D eigenvalue weighted by molar-refractivity contribution is 5.93. The van der Waals surface area contributed by atoms with Gasteiger partial charge in [0.05, 0.1) is 12.2 Å². The van der Waals surface area contributed by atoms with Crippen molar-refractivity contribution in [1.29, 1.82) is 0 Å². The van der Waals surface area contributed by atoms with E-state index < -0.39 is 0 Å². The Morgan fingerprint density at radius 2 is 1.79 bits per heavy atom. The molecule has 0 heterocycles. The molecule has 0 fully saturated rings. The maximum atomic E-state index is 12.0. The lowest BCUT2D eigenvalue weighted by molar-refractivity contribution is -0.129. The summed E-state index contributed by atoms with van der Waals surface area (Å²) < 4.78 is 4.90. The molecule has 24 heavy (non-hydrogen) atoms. The molecule has 0 aliphatic rings. The van der Waals surface area contributed by atoms with Crippen LogP contribution in [0.3, 0.4) is 0 Å². The van der Waals surface area contributed by atoms with Crippen molar-refractivity contribution < 1.29 is 19.1 Å². The predicted octanol–water partition coefficient (Wildman–Crippen LogP) is 2.70. The van der Waals surface area contributed by atoms with E-state index in [1.54, 1.807) is 36.1 Å². The Hall–Kier alpha value is -2.37. The number of esters is 1. The van der Waals surface area contributed by atoms with E-state index in [2.05, 4.69) is 5.32 Å². The van der Waals surface area contributed by atoms with Gasteiger partial charge in [0, 0.05) is 32.1 Å². The van der Waals surface area contributed by atoms with Crippen LogP contribution in [-0.2, 0) is 14.3 Å². The molecular formula is C18H26N2O4. The molecule has 0 saturated carbocycles. The number of hydrogen-bond acceptors (Lipinski definition) is 4. The number of carbonyl (C=O) groups excluding carboxylic acids is 3. The van der Waals surface area contributed by atoms with E-state index in [9.17, 15) is 14.4 Å². The Morgan fingerprint density at radius 1 is 1.17 bits per heavy atom. The number of ether oxygens (including phenoxy) is 1. The van der Waals surface area contributed by atoms with Crippen molar-refractivity contribution >= 4 is 23.5 Å². The Morgan fingerprint density at radius 3 is 2.29 bits per heavy atom. The quantitative estimate of drug-likeness (QED) is 0.742. The number of carbonyl (C=O) groups is 3. The number of nitrogens with zero attached hydrogens (tertiary/aromatic N) is 1. The first kappa shape index (κ1) is 19.7. The summed E-state index contributed by atoms with van der Waals surface area (Å²) in [6.07, 6.45) is 0.228. The summed E-state index contributed by atoms with van der Waals surface area (Å²) in [5.74, 6) is -0.238. The summed E-state index contributed by atoms with van der Waals surface area (Å²) in [7, 11) is 0. The lowest BCUT2D eigenvalue weighted by Gasteiger charge is -2.22. The number of anilines is 1. The smallest absolute Gasteiger partial charge is 0.338 e. The maximum absolute atomic E-state index is 12.0. The average molecular weight is 334 g/mol. The summed E-state index contributed by atoms with van der Waals surface area (Å²) in [4.78, 5) is 36.8. The number of nitrogens with one attached hydrogen (secondary N) is 1. The van der Waals surface area contributed by atoms with Gasteiger partial charge in [0.2, 0.25) is 11.8 Å². The van der Waals surface area contributed by atoms with Crippen molar-refractivity contribution in [2.24, 2.45) is 5.92 Å². The highest BCUT2D eigenvalue weighted by atomic mass is 16.5. The second-order valence-electron chi connectivity index (χ2n) is 5.95. The molecule has 1 N–H and O–H groups in total. The van der Waals surface area contributed by atoms with E-state index in [1.807, 2.05) is 13.8 Å². The minimum absolute atomic E-state index is 0.0321. The van der Waals surface area contributed by atoms with E-state index >= 15 is 0 Å². The fraction of sp³-hybridized carbons (Fsp3) is 0.500. The molecular weight excluding hydrogens is 308 g/mol. The number of amides is 2. The van der Waals surface area contributed by atoms with E-state index in [1.165, 1.54) is 6.92 Å². The first-order chi connectivity index (χ1) is 11.3. The Balaban J connectivity index is 2.52. The lowest BCUT2D eigenvalue weighted by Crippen LogP contribution is -2.34. The van der Waals surface area contributed by atoms with Gasteiger partial charge in [-0.15, -0.1) is 0 Å². The summed E-state index contributed by atoms with van der Waals surface area (Å²) in [6.45, 7) is 8.66. The zero-order chi connectivity index (χ0) is 18.1. The molecule has 6 nitrogen and oxygen atoms in total. The van der Waals surface area contributed by atoms with Gasteiger partial charge in [-0.05, 0) is 37.1 Å². The molecule has 6 heteroatoms. The van der Waals surface area contributed by atoms with Crippen molar-refractivity contribution in [3.05, 3.63) is 29.8 Å². The second kappa shape index (κ2) is 9.70. The van der Waals surface area contributed by atoms with Crippen LogP contribution >= 0.6 is 0 Å². The third kappa shape index (κ3) is 6.81. The van der Waals surface area contributed by atoms with E-state index in [0.29, 0.717) is 36.9 Å². The summed E-state index contributed by atoms with van der Waals surface area (Å²) >= 11 is 0. The molecule has 0 bridgehead atoms. The number of rotatable bonds is 8. The van der Waals surface area contributed by atoms with Gasteiger partial charge < -0.3 is 15.0 Å². The Bertz CT molecular complexity index is 567. The van der Waals surface area contributed by atoms with Crippen molar-refractivity contribution in [1.82, 2.24) is 4.90 Å². The summed E-state index contributed by atoms with van der Waals surface area (Å²) in [5, 5.41) is 2.76. The van der Waals surface area contributed by atoms with Crippen LogP contribution in [0.4, 0.5) is 5.69 Å². The second-order valence-corrected chi connectivity index (χ2v) is 5.95. The SMILES string of the molecule is CCOC(=O)c1ccc(NC(=O)CCN(CC(C)C)C(C)=O)cc1. The fourth-order valence-corrected chi connectivity index (χ4v) is 2.18. The van der Waals surface area contributed by atoms with E-state index in [4.69, 9.17) is 4.74 Å². The minimum Gasteiger partial charge on any atom is -0.462 e. The van der Waals surface area contributed by atoms with Gasteiger partial charge in [0.15, 0.2) is 0 Å². The molecule has 1 aromatic rings. The Kier molecular flexibility index (Phi) is 7.95.